The molecule has 0 aromatic heterocycles. The van der Waals surface area contributed by atoms with E-state index in [1.807, 2.05) is 0 Å². The number of Topliss-reactive ketones (excluding diaryl/α,β-unsaturated/α-hetero) is 6. The van der Waals surface area contributed by atoms with Crippen LogP contribution in [0.25, 0.3) is 0 Å². The second-order valence-electron chi connectivity index (χ2n) is 13.7. The summed E-state index contributed by atoms with van der Waals surface area (Å²) in [5, 5.41) is 0. The summed E-state index contributed by atoms with van der Waals surface area (Å²) in [4.78, 5) is 66.0. The molecule has 0 fully saturated rings. The summed E-state index contributed by atoms with van der Waals surface area (Å²) in [6.45, 7) is 16.1. The molecule has 0 aliphatic heterocycles. The molecular formula is C30H30F21O6Yb. The maximum Gasteiger partial charge on any atom is 3.00 e. The van der Waals surface area contributed by atoms with Crippen molar-refractivity contribution in [2.45, 2.75) is 115 Å². The Kier molecular flexibility index (Phi) is 21.0. The van der Waals surface area contributed by atoms with Crippen LogP contribution in [0, 0.1) is 83.9 Å². The number of carbonyl (C=O) groups is 6. The first-order valence-electron chi connectivity index (χ1n) is 14.4. The Bertz CT molecular complexity index is 1310. The topological polar surface area (TPSA) is 102 Å². The predicted molar refractivity (Wildman–Crippen MR) is 149 cm³/mol. The number of hydrogen-bond acceptors (Lipinski definition) is 6. The van der Waals surface area contributed by atoms with Crippen LogP contribution in [0.3, 0.4) is 0 Å². The van der Waals surface area contributed by atoms with E-state index in [9.17, 15) is 121 Å². The van der Waals surface area contributed by atoms with E-state index in [4.69, 9.17) is 0 Å². The van der Waals surface area contributed by atoms with Crippen LogP contribution in [0.5, 0.6) is 0 Å². The molecule has 0 amide bonds. The van der Waals surface area contributed by atoms with Crippen LogP contribution in [0.4, 0.5) is 92.2 Å². The summed E-state index contributed by atoms with van der Waals surface area (Å²) in [7, 11) is 0. The van der Waals surface area contributed by atoms with E-state index in [1.54, 1.807) is 0 Å². The molecule has 28 heteroatoms. The van der Waals surface area contributed by atoms with Crippen molar-refractivity contribution < 1.29 is 168 Å². The first-order chi connectivity index (χ1) is 24.1. The van der Waals surface area contributed by atoms with Gasteiger partial charge in [-0.25, -0.2) is 0 Å². The standard InChI is InChI=1S/3C10H10F7O2.Yb/c3*1-7(2,3)5(18)4-6(19)8(11,12)9(13,14)10(15,16)17;/h3*1,4H2,2-3H3;/q3*-1;+3. The average molecular weight is 1060 g/mol. The average Bonchev–Trinajstić information content (AvgIpc) is 2.93. The van der Waals surface area contributed by atoms with E-state index >= 15 is 0 Å². The summed E-state index contributed by atoms with van der Waals surface area (Å²) in [6.07, 6.45) is -25.1. The van der Waals surface area contributed by atoms with Crippen LogP contribution in [-0.4, -0.2) is 88.8 Å². The molecule has 0 aromatic rings. The molecule has 0 saturated heterocycles. The summed E-state index contributed by atoms with van der Waals surface area (Å²) in [5.41, 5.74) is -4.67. The smallest absolute Gasteiger partial charge is 0.331 e. The van der Waals surface area contributed by atoms with Crippen LogP contribution in [0.15, 0.2) is 0 Å². The molecule has 0 N–H and O–H groups in total. The van der Waals surface area contributed by atoms with E-state index in [0.717, 1.165) is 41.5 Å². The molecule has 6 nitrogen and oxygen atoms in total. The minimum atomic E-state index is -6.60. The number of hydrogen-bond donors (Lipinski definition) is 0. The van der Waals surface area contributed by atoms with Crippen molar-refractivity contribution in [1.82, 2.24) is 0 Å². The monoisotopic (exact) mass is 1060 g/mol. The molecule has 0 aliphatic carbocycles. The molecule has 0 aliphatic rings. The van der Waals surface area contributed by atoms with Gasteiger partial charge in [-0.2, -0.15) is 92.2 Å². The molecule has 0 heterocycles. The number of ketones is 6. The second-order valence-corrected chi connectivity index (χ2v) is 13.7. The molecule has 0 aromatic carbocycles. The van der Waals surface area contributed by atoms with Crippen LogP contribution in [-0.2, 0) is 28.8 Å². The Morgan fingerprint density at radius 3 is 0.517 bits per heavy atom. The molecule has 0 atom stereocenters. The van der Waals surface area contributed by atoms with Crippen molar-refractivity contribution in [3.63, 3.8) is 0 Å². The Hall–Kier alpha value is -1.93. The first kappa shape index (κ1) is 62.7. The molecule has 0 unspecified atom stereocenters. The summed E-state index contributed by atoms with van der Waals surface area (Å²) in [6, 6.07) is 0. The SMILES string of the molecule is [CH2-]C(C)(C)C(=O)CC(=O)C(F)(F)C(F)(F)C(F)(F)F.[CH2-]C(C)(C)C(=O)CC(=O)C(F)(F)C(F)(F)C(F)(F)F.[CH2-]C(C)(C)C(=O)CC(=O)C(F)(F)C(F)(F)C(F)(F)F.[Yb+3]. The Morgan fingerprint density at radius 1 is 0.310 bits per heavy atom. The minimum Gasteiger partial charge on any atom is -0.331 e. The first-order valence-corrected chi connectivity index (χ1v) is 14.4. The third-order valence-corrected chi connectivity index (χ3v) is 6.53. The van der Waals surface area contributed by atoms with E-state index in [0.29, 0.717) is 0 Å². The quantitative estimate of drug-likeness (QED) is 0.0921. The maximum absolute atomic E-state index is 12.8. The maximum atomic E-state index is 12.8. The van der Waals surface area contributed by atoms with E-state index in [-0.39, 0.29) is 46.9 Å². The van der Waals surface area contributed by atoms with Crippen molar-refractivity contribution in [2.75, 3.05) is 0 Å². The van der Waals surface area contributed by atoms with Gasteiger partial charge in [-0.05, 0) is 0 Å². The van der Waals surface area contributed by atoms with Gasteiger partial charge in [-0.15, -0.1) is 16.2 Å². The summed E-state index contributed by atoms with van der Waals surface area (Å²) < 4.78 is 258. The summed E-state index contributed by atoms with van der Waals surface area (Å²) in [5.74, 6) is -49.8. The Morgan fingerprint density at radius 2 is 0.431 bits per heavy atom. The van der Waals surface area contributed by atoms with Gasteiger partial charge in [0.15, 0.2) is 0 Å². The number of halogens is 21. The van der Waals surface area contributed by atoms with Gasteiger partial charge in [-0.1, -0.05) is 41.5 Å². The molecular weight excluding hydrogens is 1030 g/mol. The molecule has 0 spiro atoms. The third-order valence-electron chi connectivity index (χ3n) is 6.53. The van der Waals surface area contributed by atoms with Crippen molar-refractivity contribution in [3.8, 4) is 0 Å². The number of rotatable bonds is 15. The second kappa shape index (κ2) is 19.4. The third kappa shape index (κ3) is 15.2. The minimum absolute atomic E-state index is 0. The zero-order valence-electron chi connectivity index (χ0n) is 29.9. The van der Waals surface area contributed by atoms with E-state index in [1.165, 1.54) is 0 Å². The largest absolute Gasteiger partial charge is 3.00 e. The zero-order valence-corrected chi connectivity index (χ0v) is 31.6. The van der Waals surface area contributed by atoms with E-state index in [2.05, 4.69) is 20.8 Å². The molecule has 58 heavy (non-hydrogen) atoms. The van der Waals surface area contributed by atoms with Crippen molar-refractivity contribution >= 4 is 34.7 Å². The van der Waals surface area contributed by atoms with Crippen LogP contribution < -0.4 is 0 Å². The molecule has 1 radical (unpaired) electrons. The van der Waals surface area contributed by atoms with Gasteiger partial charge in [0.25, 0.3) is 0 Å². The number of carbonyl (C=O) groups excluding carboxylic acids is 6. The Balaban J connectivity index is -0.000000374. The van der Waals surface area contributed by atoms with Crippen molar-refractivity contribution in [3.05, 3.63) is 20.8 Å². The molecule has 0 saturated carbocycles. The molecule has 0 rings (SSSR count). The fourth-order valence-electron chi connectivity index (χ4n) is 2.55. The van der Waals surface area contributed by atoms with Gasteiger partial charge in [0, 0.05) is 0 Å². The van der Waals surface area contributed by atoms with Crippen molar-refractivity contribution in [1.29, 1.82) is 0 Å². The molecule has 347 valence electrons. The van der Waals surface area contributed by atoms with Gasteiger partial charge < -0.3 is 35.2 Å². The van der Waals surface area contributed by atoms with Crippen LogP contribution >= 0.6 is 0 Å². The zero-order chi connectivity index (χ0) is 47.6. The van der Waals surface area contributed by atoms with Gasteiger partial charge >= 0.3 is 101 Å². The fourth-order valence-corrected chi connectivity index (χ4v) is 2.55. The Labute approximate surface area is 353 Å². The van der Waals surface area contributed by atoms with Crippen LogP contribution in [0.1, 0.15) is 60.8 Å². The number of alkyl halides is 21. The predicted octanol–water partition coefficient (Wildman–Crippen LogP) is 9.62. The fraction of sp³-hybridized carbons (Fsp3) is 0.700. The molecule has 0 bridgehead atoms. The van der Waals surface area contributed by atoms with E-state index < -0.39 is 124 Å². The van der Waals surface area contributed by atoms with Gasteiger partial charge in [0.1, 0.15) is 17.3 Å². The van der Waals surface area contributed by atoms with Crippen molar-refractivity contribution in [2.24, 2.45) is 16.2 Å². The normalized spacial score (nSPS) is 14.2. The van der Waals surface area contributed by atoms with Gasteiger partial charge in [0.2, 0.25) is 17.3 Å². The van der Waals surface area contributed by atoms with Gasteiger partial charge in [-0.3, -0.25) is 14.4 Å². The van der Waals surface area contributed by atoms with Gasteiger partial charge in [0.05, 0.1) is 19.3 Å². The van der Waals surface area contributed by atoms with Crippen LogP contribution in [0.2, 0.25) is 0 Å². The summed E-state index contributed by atoms with van der Waals surface area (Å²) >= 11 is 0.